The van der Waals surface area contributed by atoms with Crippen LogP contribution in [0.25, 0.3) is 0 Å². The summed E-state index contributed by atoms with van der Waals surface area (Å²) in [5.74, 6) is 0. The Labute approximate surface area is 128 Å². The van der Waals surface area contributed by atoms with Gasteiger partial charge in [-0.15, -0.1) is 0 Å². The predicted molar refractivity (Wildman–Crippen MR) is 71.4 cm³/mol. The van der Waals surface area contributed by atoms with Crippen LogP contribution in [0.2, 0.25) is 0 Å². The fourth-order valence-electron chi connectivity index (χ4n) is 0. The maximum Gasteiger partial charge on any atom is 0.394 e. The summed E-state index contributed by atoms with van der Waals surface area (Å²) in [6, 6.07) is 0. The fourth-order valence-corrected chi connectivity index (χ4v) is 0. The van der Waals surface area contributed by atoms with Gasteiger partial charge in [0.25, 0.3) is 0 Å². The summed E-state index contributed by atoms with van der Waals surface area (Å²) in [4.78, 5) is 0. The van der Waals surface area contributed by atoms with Gasteiger partial charge in [0.15, 0.2) is 0 Å². The SMILES string of the molecule is O.O.O.O.O.O.O.O.O=S(=O)(O)O.O=S(=O)(O)O.O=S(=O)(O)O. The topological polar surface area (TPSA) is 476 Å². The van der Waals surface area contributed by atoms with Crippen molar-refractivity contribution in [2.45, 2.75) is 0 Å². The monoisotopic (exact) mass is 438 g/mol. The number of hydrogen-bond donors (Lipinski definition) is 6. The van der Waals surface area contributed by atoms with Crippen molar-refractivity contribution in [3.05, 3.63) is 0 Å². The Bertz CT molecular complexity index is 334. The minimum absolute atomic E-state index is 0. The molecule has 0 atom stereocenters. The van der Waals surface area contributed by atoms with Crippen LogP contribution in [0.1, 0.15) is 0 Å². The first kappa shape index (κ1) is 79.3. The zero-order chi connectivity index (χ0) is 13.5. The lowest BCUT2D eigenvalue weighted by Crippen LogP contribution is -1.89. The van der Waals surface area contributed by atoms with E-state index >= 15 is 0 Å². The van der Waals surface area contributed by atoms with Gasteiger partial charge in [0, 0.05) is 0 Å². The molecule has 0 aliphatic heterocycles. The summed E-state index contributed by atoms with van der Waals surface area (Å²) in [5.41, 5.74) is 0. The molecule has 0 saturated carbocycles. The van der Waals surface area contributed by atoms with Crippen molar-refractivity contribution in [2.75, 3.05) is 0 Å². The number of rotatable bonds is 0. The Balaban J connectivity index is -0.00000000889. The van der Waals surface area contributed by atoms with Crippen molar-refractivity contribution < 1.29 is 96.4 Å². The van der Waals surface area contributed by atoms with Gasteiger partial charge < -0.3 is 43.8 Å². The molecule has 20 nitrogen and oxygen atoms in total. The van der Waals surface area contributed by atoms with Gasteiger partial charge >= 0.3 is 31.2 Å². The molecule has 23 heteroatoms. The van der Waals surface area contributed by atoms with Gasteiger partial charge in [-0.05, 0) is 0 Å². The largest absolute Gasteiger partial charge is 0.412 e. The van der Waals surface area contributed by atoms with Crippen LogP contribution < -0.4 is 0 Å². The molecule has 0 aromatic heterocycles. The Hall–Kier alpha value is -0.710. The summed E-state index contributed by atoms with van der Waals surface area (Å²) < 4.78 is 94.8. The third kappa shape index (κ3) is 15700. The van der Waals surface area contributed by atoms with Crippen molar-refractivity contribution in [3.8, 4) is 0 Å². The maximum absolute atomic E-state index is 8.74. The molecule has 0 amide bonds. The smallest absolute Gasteiger partial charge is 0.394 e. The second-order valence-electron chi connectivity index (χ2n) is 1.34. The molecule has 0 bridgehead atoms. The first-order chi connectivity index (χ1) is 6.00. The lowest BCUT2D eigenvalue weighted by molar-refractivity contribution is 0.378. The first-order valence-corrected chi connectivity index (χ1v) is 6.29. The Kier molecular flexibility index (Phi) is 101. The van der Waals surface area contributed by atoms with Gasteiger partial charge in [-0.2, -0.15) is 25.3 Å². The lowest BCUT2D eigenvalue weighted by atomic mass is 15.8. The van der Waals surface area contributed by atoms with E-state index in [0.717, 1.165) is 0 Å². The summed E-state index contributed by atoms with van der Waals surface area (Å²) in [6.45, 7) is 0. The van der Waals surface area contributed by atoms with E-state index in [4.69, 9.17) is 52.6 Å². The van der Waals surface area contributed by atoms with Crippen LogP contribution in [0.5, 0.6) is 0 Å². The highest BCUT2D eigenvalue weighted by molar-refractivity contribution is 7.80. The van der Waals surface area contributed by atoms with Gasteiger partial charge in [-0.25, -0.2) is 0 Å². The maximum atomic E-state index is 8.74. The molecule has 22 N–H and O–H groups in total. The van der Waals surface area contributed by atoms with Crippen molar-refractivity contribution in [1.29, 1.82) is 0 Å². The van der Waals surface area contributed by atoms with Crippen LogP contribution in [-0.4, -0.2) is 96.4 Å². The van der Waals surface area contributed by atoms with Gasteiger partial charge in [-0.3, -0.25) is 27.3 Å². The standard InChI is InChI=1S/3H2O4S.8H2O/c3*1-5(2,3)4;;;;;;;;/h3*(H2,1,2,3,4);8*1H2. The predicted octanol–water partition coefficient (Wildman–Crippen LogP) is -8.56. The van der Waals surface area contributed by atoms with Crippen LogP contribution >= 0.6 is 0 Å². The summed E-state index contributed by atoms with van der Waals surface area (Å²) in [7, 11) is -14.0. The molecule has 0 aromatic rings. The Morgan fingerprint density at radius 1 is 0.304 bits per heavy atom. The molecule has 0 radical (unpaired) electrons. The molecule has 0 saturated heterocycles. The van der Waals surface area contributed by atoms with E-state index in [0.29, 0.717) is 0 Å². The van der Waals surface area contributed by atoms with E-state index in [1.165, 1.54) is 0 Å². The van der Waals surface area contributed by atoms with E-state index in [1.54, 1.807) is 0 Å². The fraction of sp³-hybridized carbons (Fsp3) is 0. The minimum Gasteiger partial charge on any atom is -0.412 e. The summed E-state index contributed by atoms with van der Waals surface area (Å²) >= 11 is 0. The summed E-state index contributed by atoms with van der Waals surface area (Å²) in [6.07, 6.45) is 0. The number of hydrogen-bond acceptors (Lipinski definition) is 6. The second kappa shape index (κ2) is 29.3. The molecule has 0 rings (SSSR count). The molecule has 0 unspecified atom stereocenters. The summed E-state index contributed by atoms with van der Waals surface area (Å²) in [5, 5.41) is 0. The van der Waals surface area contributed by atoms with Gasteiger partial charge in [-0.1, -0.05) is 0 Å². The molecule has 0 fully saturated rings. The highest BCUT2D eigenvalue weighted by Gasteiger charge is 1.85. The second-order valence-corrected chi connectivity index (χ2v) is 4.03. The quantitative estimate of drug-likeness (QED) is 0.192. The highest BCUT2D eigenvalue weighted by Crippen LogP contribution is 1.60. The molecule has 0 aliphatic carbocycles. The molecule has 0 heterocycles. The van der Waals surface area contributed by atoms with Crippen LogP contribution in [0.15, 0.2) is 0 Å². The van der Waals surface area contributed by atoms with Crippen LogP contribution in [0.3, 0.4) is 0 Å². The normalized spacial score (nSPS) is 7.57. The minimum atomic E-state index is -4.67. The van der Waals surface area contributed by atoms with E-state index in [2.05, 4.69) is 0 Å². The van der Waals surface area contributed by atoms with Crippen molar-refractivity contribution >= 4 is 31.2 Å². The van der Waals surface area contributed by atoms with Gasteiger partial charge in [0.1, 0.15) is 0 Å². The van der Waals surface area contributed by atoms with E-state index < -0.39 is 31.2 Å². The van der Waals surface area contributed by atoms with Gasteiger partial charge in [0.05, 0.1) is 0 Å². The van der Waals surface area contributed by atoms with Crippen LogP contribution in [0, 0.1) is 0 Å². The van der Waals surface area contributed by atoms with E-state index in [-0.39, 0.29) is 43.8 Å². The van der Waals surface area contributed by atoms with Crippen molar-refractivity contribution in [2.24, 2.45) is 0 Å². The third-order valence-corrected chi connectivity index (χ3v) is 0. The van der Waals surface area contributed by atoms with Crippen molar-refractivity contribution in [3.63, 3.8) is 0 Å². The zero-order valence-electron chi connectivity index (χ0n) is 10.4. The lowest BCUT2D eigenvalue weighted by Gasteiger charge is -1.68. The average molecular weight is 438 g/mol. The molecular weight excluding hydrogens is 416 g/mol. The van der Waals surface area contributed by atoms with Crippen LogP contribution in [-0.2, 0) is 31.2 Å². The Morgan fingerprint density at radius 2 is 0.304 bits per heavy atom. The molecule has 160 valence electrons. The van der Waals surface area contributed by atoms with Crippen LogP contribution in [0.4, 0.5) is 0 Å². The average Bonchev–Trinajstić information content (AvgIpc) is 1.41. The third-order valence-electron chi connectivity index (χ3n) is 0. The molecule has 0 aromatic carbocycles. The molecule has 23 heavy (non-hydrogen) atoms. The Morgan fingerprint density at radius 3 is 0.304 bits per heavy atom. The molecule has 0 spiro atoms. The van der Waals surface area contributed by atoms with Gasteiger partial charge in [0.2, 0.25) is 0 Å². The van der Waals surface area contributed by atoms with Crippen molar-refractivity contribution in [1.82, 2.24) is 0 Å². The molecular formula is H22O20S3. The highest BCUT2D eigenvalue weighted by atomic mass is 32.3. The zero-order valence-corrected chi connectivity index (χ0v) is 12.8. The van der Waals surface area contributed by atoms with E-state index in [9.17, 15) is 0 Å². The molecule has 0 aliphatic rings. The first-order valence-electron chi connectivity index (χ1n) is 2.10. The van der Waals surface area contributed by atoms with E-state index in [1.807, 2.05) is 0 Å².